The van der Waals surface area contributed by atoms with E-state index in [9.17, 15) is 0 Å². The van der Waals surface area contributed by atoms with Gasteiger partial charge < -0.3 is 4.57 Å². The summed E-state index contributed by atoms with van der Waals surface area (Å²) in [5, 5.41) is 2.52. The highest BCUT2D eigenvalue weighted by atomic mass is 79.9. The molecular formula is C45H34BrN. The summed E-state index contributed by atoms with van der Waals surface area (Å²) in [6.07, 6.45) is 2.09. The zero-order valence-corrected chi connectivity index (χ0v) is 27.6. The first kappa shape index (κ1) is 29.2. The van der Waals surface area contributed by atoms with Gasteiger partial charge in [-0.2, -0.15) is 0 Å². The van der Waals surface area contributed by atoms with Crippen molar-refractivity contribution < 1.29 is 0 Å². The molecule has 1 heterocycles. The maximum Gasteiger partial charge on any atom is 0.0541 e. The smallest absolute Gasteiger partial charge is 0.0541 e. The molecule has 0 saturated carbocycles. The van der Waals surface area contributed by atoms with Crippen LogP contribution in [0, 0.1) is 0 Å². The average molecular weight is 669 g/mol. The van der Waals surface area contributed by atoms with Gasteiger partial charge in [-0.1, -0.05) is 143 Å². The van der Waals surface area contributed by atoms with Gasteiger partial charge in [-0.25, -0.2) is 0 Å². The largest absolute Gasteiger partial charge is 0.309 e. The van der Waals surface area contributed by atoms with Crippen LogP contribution in [0.5, 0.6) is 0 Å². The van der Waals surface area contributed by atoms with Crippen LogP contribution in [0.15, 0.2) is 180 Å². The molecule has 0 saturated heterocycles. The van der Waals surface area contributed by atoms with Crippen molar-refractivity contribution in [3.63, 3.8) is 0 Å². The van der Waals surface area contributed by atoms with Gasteiger partial charge in [0.2, 0.25) is 0 Å². The van der Waals surface area contributed by atoms with Crippen molar-refractivity contribution in [1.82, 2.24) is 4.57 Å². The second kappa shape index (κ2) is 12.9. The first-order valence-corrected chi connectivity index (χ1v) is 17.1. The molecule has 0 N–H and O–H groups in total. The highest BCUT2D eigenvalue weighted by molar-refractivity contribution is 9.10. The molecule has 2 heteroatoms. The van der Waals surface area contributed by atoms with Crippen molar-refractivity contribution in [2.75, 3.05) is 0 Å². The van der Waals surface area contributed by atoms with Gasteiger partial charge in [0.1, 0.15) is 0 Å². The molecule has 0 spiro atoms. The molecule has 47 heavy (non-hydrogen) atoms. The van der Waals surface area contributed by atoms with Gasteiger partial charge in [0.05, 0.1) is 11.0 Å². The van der Waals surface area contributed by atoms with E-state index in [2.05, 4.69) is 196 Å². The van der Waals surface area contributed by atoms with Gasteiger partial charge in [-0.3, -0.25) is 0 Å². The molecular weight excluding hydrogens is 634 g/mol. The zero-order chi connectivity index (χ0) is 31.6. The van der Waals surface area contributed by atoms with Crippen molar-refractivity contribution in [1.29, 1.82) is 0 Å². The second-order valence-corrected chi connectivity index (χ2v) is 13.2. The van der Waals surface area contributed by atoms with Crippen LogP contribution < -0.4 is 0 Å². The molecule has 1 aromatic heterocycles. The van der Waals surface area contributed by atoms with E-state index in [1.807, 2.05) is 0 Å². The number of hydrogen-bond donors (Lipinski definition) is 0. The van der Waals surface area contributed by atoms with Gasteiger partial charge >= 0.3 is 0 Å². The van der Waals surface area contributed by atoms with Crippen molar-refractivity contribution in [3.05, 3.63) is 197 Å². The highest BCUT2D eigenvalue weighted by Gasteiger charge is 2.16. The molecule has 7 aromatic carbocycles. The Bertz CT molecular complexity index is 2230. The molecule has 0 unspecified atom stereocenters. The Kier molecular flexibility index (Phi) is 8.03. The molecule has 0 atom stereocenters. The van der Waals surface area contributed by atoms with E-state index in [0.717, 1.165) is 17.3 Å². The minimum atomic E-state index is 0.378. The number of para-hydroxylation sites is 1. The van der Waals surface area contributed by atoms with E-state index in [1.54, 1.807) is 0 Å². The summed E-state index contributed by atoms with van der Waals surface area (Å²) in [6, 6.07) is 64.1. The fourth-order valence-electron chi connectivity index (χ4n) is 6.95. The number of hydrogen-bond acceptors (Lipinski definition) is 0. The predicted molar refractivity (Wildman–Crippen MR) is 202 cm³/mol. The monoisotopic (exact) mass is 667 g/mol. The van der Waals surface area contributed by atoms with Crippen molar-refractivity contribution in [2.24, 2.45) is 0 Å². The van der Waals surface area contributed by atoms with Gasteiger partial charge in [0, 0.05) is 26.9 Å². The summed E-state index contributed by atoms with van der Waals surface area (Å²) in [7, 11) is 0. The Morgan fingerprint density at radius 2 is 0.894 bits per heavy atom. The number of halogens is 1. The molecule has 0 bridgehead atoms. The molecule has 8 rings (SSSR count). The standard InChI is InChI=1S/C45H34BrN/c46-39-25-21-34(22-26-39)38-24-29-45-43(31-38)42-30-37(23-28-44(42)47(45)40-14-8-3-9-15-40)33-19-16-32(17-20-33)18-27-41(35-10-4-1-5-11-35)36-12-6-2-7-13-36/h1-17,19-26,28-31,41H,18,27H2. The van der Waals surface area contributed by atoms with E-state index >= 15 is 0 Å². The van der Waals surface area contributed by atoms with Crippen molar-refractivity contribution in [2.45, 2.75) is 18.8 Å². The highest BCUT2D eigenvalue weighted by Crippen LogP contribution is 2.37. The van der Waals surface area contributed by atoms with Gasteiger partial charge in [-0.05, 0) is 100 Å². The third-order valence-corrected chi connectivity index (χ3v) is 9.90. The first-order chi connectivity index (χ1) is 23.2. The SMILES string of the molecule is Brc1ccc(-c2ccc3c(c2)c2cc(-c4ccc(CCC(c5ccccc5)c5ccccc5)cc4)ccc2n3-c2ccccc2)cc1. The molecule has 8 aromatic rings. The fourth-order valence-corrected chi connectivity index (χ4v) is 7.22. The van der Waals surface area contributed by atoms with Crippen LogP contribution in [-0.4, -0.2) is 4.57 Å². The molecule has 1 nitrogen and oxygen atoms in total. The Hall–Kier alpha value is -5.18. The summed E-state index contributed by atoms with van der Waals surface area (Å²) in [4.78, 5) is 0. The van der Waals surface area contributed by atoms with Crippen LogP contribution >= 0.6 is 15.9 Å². The molecule has 226 valence electrons. The third-order valence-electron chi connectivity index (χ3n) is 9.37. The third kappa shape index (κ3) is 5.93. The van der Waals surface area contributed by atoms with Gasteiger partial charge in [0.15, 0.2) is 0 Å². The average Bonchev–Trinajstić information content (AvgIpc) is 3.46. The van der Waals surface area contributed by atoms with E-state index in [1.165, 1.54) is 66.4 Å². The number of nitrogens with zero attached hydrogens (tertiary/aromatic N) is 1. The Labute approximate surface area is 284 Å². The molecule has 0 fully saturated rings. The lowest BCUT2D eigenvalue weighted by atomic mass is 9.86. The van der Waals surface area contributed by atoms with Crippen molar-refractivity contribution >= 4 is 37.7 Å². The minimum Gasteiger partial charge on any atom is -0.309 e. The van der Waals surface area contributed by atoms with Crippen LogP contribution in [0.4, 0.5) is 0 Å². The van der Waals surface area contributed by atoms with Crippen LogP contribution in [0.25, 0.3) is 49.7 Å². The minimum absolute atomic E-state index is 0.378. The van der Waals surface area contributed by atoms with E-state index in [-0.39, 0.29) is 0 Å². The van der Waals surface area contributed by atoms with E-state index in [4.69, 9.17) is 0 Å². The van der Waals surface area contributed by atoms with E-state index < -0.39 is 0 Å². The number of rotatable bonds is 8. The Morgan fingerprint density at radius 1 is 0.447 bits per heavy atom. The van der Waals surface area contributed by atoms with Gasteiger partial charge in [-0.15, -0.1) is 0 Å². The topological polar surface area (TPSA) is 4.93 Å². The lowest BCUT2D eigenvalue weighted by Gasteiger charge is -2.18. The van der Waals surface area contributed by atoms with Crippen LogP contribution in [0.2, 0.25) is 0 Å². The fraction of sp³-hybridized carbons (Fsp3) is 0.0667. The summed E-state index contributed by atoms with van der Waals surface area (Å²) < 4.78 is 3.48. The first-order valence-electron chi connectivity index (χ1n) is 16.3. The van der Waals surface area contributed by atoms with E-state index in [0.29, 0.717) is 5.92 Å². The summed E-state index contributed by atoms with van der Waals surface area (Å²) in [6.45, 7) is 0. The number of aromatic nitrogens is 1. The normalized spacial score (nSPS) is 11.4. The van der Waals surface area contributed by atoms with Crippen LogP contribution in [0.1, 0.15) is 29.0 Å². The zero-order valence-electron chi connectivity index (χ0n) is 26.1. The van der Waals surface area contributed by atoms with Crippen LogP contribution in [-0.2, 0) is 6.42 Å². The lowest BCUT2D eigenvalue weighted by molar-refractivity contribution is 0.715. The maximum atomic E-state index is 3.58. The number of aryl methyl sites for hydroxylation is 1. The van der Waals surface area contributed by atoms with Gasteiger partial charge in [0.25, 0.3) is 0 Å². The molecule has 0 aliphatic carbocycles. The number of benzene rings is 7. The predicted octanol–water partition coefficient (Wildman–Crippen LogP) is 12.6. The Balaban J connectivity index is 1.14. The Morgan fingerprint density at radius 3 is 1.40 bits per heavy atom. The molecule has 0 aliphatic rings. The van der Waals surface area contributed by atoms with Crippen LogP contribution in [0.3, 0.4) is 0 Å². The quantitative estimate of drug-likeness (QED) is 0.152. The molecule has 0 aliphatic heterocycles. The second-order valence-electron chi connectivity index (χ2n) is 12.3. The molecule has 0 amide bonds. The maximum absolute atomic E-state index is 3.58. The molecule has 0 radical (unpaired) electrons. The summed E-state index contributed by atoms with van der Waals surface area (Å²) in [5.74, 6) is 0.378. The number of fused-ring (bicyclic) bond motifs is 3. The van der Waals surface area contributed by atoms with Crippen molar-refractivity contribution in [3.8, 4) is 27.9 Å². The summed E-state index contributed by atoms with van der Waals surface area (Å²) in [5.41, 5.74) is 12.6. The lowest BCUT2D eigenvalue weighted by Crippen LogP contribution is -2.03. The summed E-state index contributed by atoms with van der Waals surface area (Å²) >= 11 is 3.58.